The lowest BCUT2D eigenvalue weighted by Gasteiger charge is -2.24. The molecular formula is C12H17ClO3. The van der Waals surface area contributed by atoms with Gasteiger partial charge in [-0.1, -0.05) is 17.7 Å². The van der Waals surface area contributed by atoms with Gasteiger partial charge in [-0.25, -0.2) is 0 Å². The lowest BCUT2D eigenvalue weighted by molar-refractivity contribution is 0.0209. The Hall–Kier alpha value is -0.770. The zero-order valence-electron chi connectivity index (χ0n) is 9.79. The Labute approximate surface area is 101 Å². The molecule has 3 nitrogen and oxygen atoms in total. The molecular weight excluding hydrogens is 228 g/mol. The minimum Gasteiger partial charge on any atom is -0.495 e. The van der Waals surface area contributed by atoms with Gasteiger partial charge in [0.15, 0.2) is 0 Å². The summed E-state index contributed by atoms with van der Waals surface area (Å²) in [7, 11) is 3.16. The van der Waals surface area contributed by atoms with E-state index in [1.807, 2.05) is 0 Å². The Balaban J connectivity index is 2.94. The predicted molar refractivity (Wildman–Crippen MR) is 64.1 cm³/mol. The van der Waals surface area contributed by atoms with Crippen LogP contribution >= 0.6 is 11.6 Å². The molecule has 1 rings (SSSR count). The van der Waals surface area contributed by atoms with Gasteiger partial charge in [-0.05, 0) is 24.6 Å². The van der Waals surface area contributed by atoms with E-state index in [1.54, 1.807) is 39.3 Å². The van der Waals surface area contributed by atoms with Gasteiger partial charge in [0.2, 0.25) is 0 Å². The van der Waals surface area contributed by atoms with E-state index in [2.05, 4.69) is 0 Å². The summed E-state index contributed by atoms with van der Waals surface area (Å²) in [4.78, 5) is 0. The number of methoxy groups -OCH3 is 2. The van der Waals surface area contributed by atoms with Crippen LogP contribution in [0.2, 0.25) is 5.02 Å². The third-order valence-corrected chi connectivity index (χ3v) is 2.88. The Morgan fingerprint density at radius 2 is 2.06 bits per heavy atom. The maximum absolute atomic E-state index is 10.2. The van der Waals surface area contributed by atoms with E-state index in [1.165, 1.54) is 0 Å². The van der Waals surface area contributed by atoms with Gasteiger partial charge in [0.05, 0.1) is 17.7 Å². The van der Waals surface area contributed by atoms with E-state index in [9.17, 15) is 5.11 Å². The molecule has 0 saturated carbocycles. The summed E-state index contributed by atoms with van der Waals surface area (Å²) in [6.07, 6.45) is 0.522. The average Bonchev–Trinajstić information content (AvgIpc) is 2.27. The summed E-state index contributed by atoms with van der Waals surface area (Å²) in [6.45, 7) is 2.24. The minimum atomic E-state index is -0.937. The smallest absolute Gasteiger partial charge is 0.137 e. The quantitative estimate of drug-likeness (QED) is 0.865. The molecule has 0 aliphatic heterocycles. The number of halogens is 1. The van der Waals surface area contributed by atoms with Crippen molar-refractivity contribution in [2.45, 2.75) is 18.9 Å². The van der Waals surface area contributed by atoms with Gasteiger partial charge >= 0.3 is 0 Å². The highest BCUT2D eigenvalue weighted by molar-refractivity contribution is 6.32. The fourth-order valence-corrected chi connectivity index (χ4v) is 1.63. The van der Waals surface area contributed by atoms with Crippen LogP contribution in [-0.2, 0) is 10.3 Å². The van der Waals surface area contributed by atoms with Gasteiger partial charge in [0, 0.05) is 20.1 Å². The van der Waals surface area contributed by atoms with Crippen LogP contribution in [0.3, 0.4) is 0 Å². The van der Waals surface area contributed by atoms with Crippen LogP contribution in [0.25, 0.3) is 0 Å². The van der Waals surface area contributed by atoms with Gasteiger partial charge in [0.1, 0.15) is 5.75 Å². The van der Waals surface area contributed by atoms with Crippen molar-refractivity contribution in [3.05, 3.63) is 28.8 Å². The lowest BCUT2D eigenvalue weighted by atomic mass is 9.93. The van der Waals surface area contributed by atoms with Crippen LogP contribution in [-0.4, -0.2) is 25.9 Å². The lowest BCUT2D eigenvalue weighted by Crippen LogP contribution is -2.23. The number of benzene rings is 1. The second kappa shape index (κ2) is 5.53. The first-order valence-corrected chi connectivity index (χ1v) is 5.44. The van der Waals surface area contributed by atoms with Crippen molar-refractivity contribution in [2.75, 3.05) is 20.8 Å². The summed E-state index contributed by atoms with van der Waals surface area (Å²) in [6, 6.07) is 5.26. The van der Waals surface area contributed by atoms with Crippen LogP contribution in [0.15, 0.2) is 18.2 Å². The molecule has 1 unspecified atom stereocenters. The maximum Gasteiger partial charge on any atom is 0.137 e. The Morgan fingerprint density at radius 1 is 1.38 bits per heavy atom. The number of hydrogen-bond acceptors (Lipinski definition) is 3. The fourth-order valence-electron chi connectivity index (χ4n) is 1.44. The predicted octanol–water partition coefficient (Wildman–Crippen LogP) is 2.59. The molecule has 16 heavy (non-hydrogen) atoms. The molecule has 90 valence electrons. The molecule has 1 atom stereocenters. The van der Waals surface area contributed by atoms with Gasteiger partial charge in [-0.15, -0.1) is 0 Å². The molecule has 4 heteroatoms. The van der Waals surface area contributed by atoms with E-state index in [0.717, 1.165) is 5.56 Å². The van der Waals surface area contributed by atoms with E-state index in [-0.39, 0.29) is 0 Å². The van der Waals surface area contributed by atoms with Crippen LogP contribution in [0, 0.1) is 0 Å². The molecule has 1 aromatic carbocycles. The average molecular weight is 245 g/mol. The molecule has 0 aliphatic rings. The summed E-state index contributed by atoms with van der Waals surface area (Å²) in [5.41, 5.74) is -0.167. The highest BCUT2D eigenvalue weighted by Gasteiger charge is 2.23. The van der Waals surface area contributed by atoms with E-state index in [0.29, 0.717) is 23.8 Å². The first kappa shape index (κ1) is 13.3. The third-order valence-electron chi connectivity index (χ3n) is 2.57. The summed E-state index contributed by atoms with van der Waals surface area (Å²) >= 11 is 5.92. The Morgan fingerprint density at radius 3 is 2.62 bits per heavy atom. The number of aliphatic hydroxyl groups is 1. The Bertz CT molecular complexity index is 350. The van der Waals surface area contributed by atoms with E-state index < -0.39 is 5.60 Å². The molecule has 0 aromatic heterocycles. The van der Waals surface area contributed by atoms with Crippen molar-refractivity contribution in [1.82, 2.24) is 0 Å². The molecule has 0 amide bonds. The molecule has 1 N–H and O–H groups in total. The summed E-state index contributed by atoms with van der Waals surface area (Å²) in [5.74, 6) is 0.567. The van der Waals surface area contributed by atoms with Gasteiger partial charge in [0.25, 0.3) is 0 Å². The third kappa shape index (κ3) is 3.11. The molecule has 0 bridgehead atoms. The SMILES string of the molecule is COCCC(C)(O)c1ccc(Cl)c(OC)c1. The van der Waals surface area contributed by atoms with Crippen LogP contribution in [0.5, 0.6) is 5.75 Å². The number of ether oxygens (including phenoxy) is 2. The first-order chi connectivity index (χ1) is 7.51. The van der Waals surface area contributed by atoms with Crippen molar-refractivity contribution in [3.8, 4) is 5.75 Å². The van der Waals surface area contributed by atoms with Gasteiger partial charge < -0.3 is 14.6 Å². The van der Waals surface area contributed by atoms with Crippen molar-refractivity contribution < 1.29 is 14.6 Å². The zero-order chi connectivity index (χ0) is 12.2. The largest absolute Gasteiger partial charge is 0.495 e. The highest BCUT2D eigenvalue weighted by Crippen LogP contribution is 2.31. The fraction of sp³-hybridized carbons (Fsp3) is 0.500. The molecule has 1 aromatic rings. The van der Waals surface area contributed by atoms with Crippen molar-refractivity contribution >= 4 is 11.6 Å². The minimum absolute atomic E-state index is 0.498. The van der Waals surface area contributed by atoms with E-state index >= 15 is 0 Å². The van der Waals surface area contributed by atoms with Gasteiger partial charge in [-0.2, -0.15) is 0 Å². The summed E-state index contributed by atoms with van der Waals surface area (Å²) < 4.78 is 10.1. The van der Waals surface area contributed by atoms with Crippen LogP contribution in [0.1, 0.15) is 18.9 Å². The van der Waals surface area contributed by atoms with Crippen molar-refractivity contribution in [1.29, 1.82) is 0 Å². The molecule has 0 spiro atoms. The monoisotopic (exact) mass is 244 g/mol. The van der Waals surface area contributed by atoms with Crippen molar-refractivity contribution in [3.63, 3.8) is 0 Å². The van der Waals surface area contributed by atoms with Gasteiger partial charge in [-0.3, -0.25) is 0 Å². The molecule has 0 saturated heterocycles. The molecule has 0 radical (unpaired) electrons. The second-order valence-corrected chi connectivity index (χ2v) is 4.27. The van der Waals surface area contributed by atoms with Crippen LogP contribution < -0.4 is 4.74 Å². The van der Waals surface area contributed by atoms with Crippen molar-refractivity contribution in [2.24, 2.45) is 0 Å². The molecule has 0 heterocycles. The van der Waals surface area contributed by atoms with E-state index in [4.69, 9.17) is 21.1 Å². The summed E-state index contributed by atoms with van der Waals surface area (Å²) in [5, 5.41) is 10.8. The Kier molecular flexibility index (Phi) is 4.59. The zero-order valence-corrected chi connectivity index (χ0v) is 10.5. The van der Waals surface area contributed by atoms with Crippen LogP contribution in [0.4, 0.5) is 0 Å². The molecule has 0 aliphatic carbocycles. The molecule has 0 fully saturated rings. The topological polar surface area (TPSA) is 38.7 Å². The number of hydrogen-bond donors (Lipinski definition) is 1. The number of rotatable bonds is 5. The first-order valence-electron chi connectivity index (χ1n) is 5.06. The normalized spacial score (nSPS) is 14.6. The highest BCUT2D eigenvalue weighted by atomic mass is 35.5. The second-order valence-electron chi connectivity index (χ2n) is 3.87. The maximum atomic E-state index is 10.2. The standard InChI is InChI=1S/C12H17ClO3/c1-12(14,6-7-15-2)9-4-5-10(13)11(8-9)16-3/h4-5,8,14H,6-7H2,1-3H3.